The Kier molecular flexibility index (Phi) is 5.36. The molecule has 1 aromatic carbocycles. The molecule has 1 unspecified atom stereocenters. The minimum Gasteiger partial charge on any atom is -0.492 e. The molecule has 0 spiro atoms. The maximum absolute atomic E-state index is 12.8. The highest BCUT2D eigenvalue weighted by Crippen LogP contribution is 2.34. The molecule has 1 aliphatic rings. The molecule has 8 nitrogen and oxygen atoms in total. The lowest BCUT2D eigenvalue weighted by atomic mass is 10.2. The maximum Gasteiger partial charge on any atom is 0.249 e. The summed E-state index contributed by atoms with van der Waals surface area (Å²) in [5.41, 5.74) is 0.699. The summed E-state index contributed by atoms with van der Waals surface area (Å²) in [7, 11) is -3.51. The predicted octanol–water partition coefficient (Wildman–Crippen LogP) is 2.68. The van der Waals surface area contributed by atoms with Crippen LogP contribution < -0.4 is 4.74 Å². The zero-order valence-corrected chi connectivity index (χ0v) is 16.0. The van der Waals surface area contributed by atoms with E-state index >= 15 is 0 Å². The van der Waals surface area contributed by atoms with E-state index in [1.807, 2.05) is 24.3 Å². The average Bonchev–Trinajstić information content (AvgIpc) is 3.39. The summed E-state index contributed by atoms with van der Waals surface area (Å²) in [6.07, 6.45) is 4.67. The van der Waals surface area contributed by atoms with Gasteiger partial charge in [-0.05, 0) is 37.1 Å². The zero-order valence-electron chi connectivity index (χ0n) is 15.1. The molecular weight excluding hydrogens is 380 g/mol. The predicted molar refractivity (Wildman–Crippen MR) is 102 cm³/mol. The van der Waals surface area contributed by atoms with E-state index < -0.39 is 16.1 Å². The fraction of sp³-hybridized carbons (Fsp3) is 0.316. The molecule has 0 bridgehead atoms. The number of para-hydroxylation sites is 1. The van der Waals surface area contributed by atoms with Gasteiger partial charge in [-0.2, -0.15) is 4.31 Å². The molecule has 0 saturated carbocycles. The molecule has 0 radical (unpaired) electrons. The maximum atomic E-state index is 12.8. The van der Waals surface area contributed by atoms with E-state index in [1.165, 1.54) is 4.31 Å². The Morgan fingerprint density at radius 1 is 1.14 bits per heavy atom. The first-order valence-electron chi connectivity index (χ1n) is 9.05. The summed E-state index contributed by atoms with van der Waals surface area (Å²) in [4.78, 5) is 4.03. The van der Waals surface area contributed by atoms with E-state index in [2.05, 4.69) is 15.2 Å². The minimum atomic E-state index is -3.51. The van der Waals surface area contributed by atoms with Gasteiger partial charge in [0.15, 0.2) is 0 Å². The first-order chi connectivity index (χ1) is 13.6. The zero-order chi connectivity index (χ0) is 19.4. The second-order valence-electron chi connectivity index (χ2n) is 6.43. The van der Waals surface area contributed by atoms with Gasteiger partial charge in [0.1, 0.15) is 18.4 Å². The Morgan fingerprint density at radius 3 is 2.79 bits per heavy atom. The van der Waals surface area contributed by atoms with E-state index in [-0.39, 0.29) is 12.4 Å². The van der Waals surface area contributed by atoms with Gasteiger partial charge in [0, 0.05) is 18.9 Å². The summed E-state index contributed by atoms with van der Waals surface area (Å²) in [5, 5.41) is 8.13. The highest BCUT2D eigenvalue weighted by atomic mass is 32.2. The second kappa shape index (κ2) is 8.07. The Bertz CT molecular complexity index is 1010. The molecule has 1 fully saturated rings. The topological polar surface area (TPSA) is 98.4 Å². The molecule has 1 atom stereocenters. The summed E-state index contributed by atoms with van der Waals surface area (Å²) >= 11 is 0. The van der Waals surface area contributed by atoms with Gasteiger partial charge >= 0.3 is 0 Å². The lowest BCUT2D eigenvalue weighted by Gasteiger charge is -2.21. The second-order valence-corrected chi connectivity index (χ2v) is 8.47. The molecule has 4 rings (SSSR count). The van der Waals surface area contributed by atoms with E-state index in [4.69, 9.17) is 9.15 Å². The lowest BCUT2D eigenvalue weighted by molar-refractivity contribution is 0.316. The van der Waals surface area contributed by atoms with Crippen molar-refractivity contribution in [2.75, 3.05) is 18.9 Å². The van der Waals surface area contributed by atoms with Crippen LogP contribution in [-0.2, 0) is 10.0 Å². The number of nitrogens with zero attached hydrogens (tertiary/aromatic N) is 4. The third kappa shape index (κ3) is 4.05. The van der Waals surface area contributed by atoms with Crippen LogP contribution in [0.5, 0.6) is 5.75 Å². The molecular formula is C19H20N4O4S. The fourth-order valence-electron chi connectivity index (χ4n) is 3.19. The van der Waals surface area contributed by atoms with Crippen LogP contribution >= 0.6 is 0 Å². The first kappa shape index (κ1) is 18.6. The highest BCUT2D eigenvalue weighted by molar-refractivity contribution is 7.89. The standard InChI is InChI=1S/C19H20N4O4S/c24-28(25,13-12-26-16-7-2-1-3-8-16)23-11-5-9-17(23)19-22-21-18(27-19)15-6-4-10-20-14-15/h1-4,6-8,10,14,17H,5,9,11-13H2. The molecule has 2 aromatic heterocycles. The number of rotatable bonds is 7. The molecule has 28 heavy (non-hydrogen) atoms. The largest absolute Gasteiger partial charge is 0.492 e. The molecule has 0 N–H and O–H groups in total. The molecule has 1 aliphatic heterocycles. The van der Waals surface area contributed by atoms with Gasteiger partial charge in [0.05, 0.1) is 11.3 Å². The average molecular weight is 400 g/mol. The monoisotopic (exact) mass is 400 g/mol. The Balaban J connectivity index is 1.45. The fourth-order valence-corrected chi connectivity index (χ4v) is 4.71. The van der Waals surface area contributed by atoms with Crippen molar-refractivity contribution in [2.24, 2.45) is 0 Å². The SMILES string of the molecule is O=S(=O)(CCOc1ccccc1)N1CCCC1c1nnc(-c2cccnc2)o1. The van der Waals surface area contributed by atoms with Gasteiger partial charge < -0.3 is 9.15 Å². The lowest BCUT2D eigenvalue weighted by Crippen LogP contribution is -2.34. The third-order valence-corrected chi connectivity index (χ3v) is 6.38. The first-order valence-corrected chi connectivity index (χ1v) is 10.7. The van der Waals surface area contributed by atoms with Crippen molar-refractivity contribution in [3.63, 3.8) is 0 Å². The number of pyridine rings is 1. The summed E-state index contributed by atoms with van der Waals surface area (Å²) in [6.45, 7) is 0.517. The summed E-state index contributed by atoms with van der Waals surface area (Å²) in [5.74, 6) is 1.18. The highest BCUT2D eigenvalue weighted by Gasteiger charge is 2.38. The van der Waals surface area contributed by atoms with Crippen molar-refractivity contribution in [1.82, 2.24) is 19.5 Å². The van der Waals surface area contributed by atoms with Crippen LogP contribution in [0.15, 0.2) is 59.3 Å². The molecule has 9 heteroatoms. The van der Waals surface area contributed by atoms with Crippen molar-refractivity contribution in [1.29, 1.82) is 0 Å². The number of aromatic nitrogens is 3. The number of hydrogen-bond donors (Lipinski definition) is 0. The van der Waals surface area contributed by atoms with Gasteiger partial charge in [0.2, 0.25) is 21.8 Å². The van der Waals surface area contributed by atoms with Crippen molar-refractivity contribution in [3.8, 4) is 17.2 Å². The van der Waals surface area contributed by atoms with E-state index in [9.17, 15) is 8.42 Å². The van der Waals surface area contributed by atoms with Gasteiger partial charge in [-0.15, -0.1) is 10.2 Å². The number of hydrogen-bond acceptors (Lipinski definition) is 7. The van der Waals surface area contributed by atoms with E-state index in [0.29, 0.717) is 36.1 Å². The normalized spacial score (nSPS) is 17.6. The van der Waals surface area contributed by atoms with Gasteiger partial charge in [-0.25, -0.2) is 8.42 Å². The smallest absolute Gasteiger partial charge is 0.249 e. The van der Waals surface area contributed by atoms with Crippen LogP contribution in [0, 0.1) is 0 Å². The third-order valence-electron chi connectivity index (χ3n) is 4.55. The van der Waals surface area contributed by atoms with Crippen molar-refractivity contribution in [2.45, 2.75) is 18.9 Å². The Morgan fingerprint density at radius 2 is 2.00 bits per heavy atom. The minimum absolute atomic E-state index is 0.0837. The quantitative estimate of drug-likeness (QED) is 0.601. The van der Waals surface area contributed by atoms with Crippen molar-refractivity contribution < 1.29 is 17.6 Å². The van der Waals surface area contributed by atoms with Crippen LogP contribution in [0.1, 0.15) is 24.8 Å². The summed E-state index contributed by atoms with van der Waals surface area (Å²) < 4.78 is 38.4. The molecule has 1 saturated heterocycles. The van der Waals surface area contributed by atoms with Crippen LogP contribution in [0.3, 0.4) is 0 Å². The number of benzene rings is 1. The summed E-state index contributed by atoms with van der Waals surface area (Å²) in [6, 6.07) is 12.3. The number of sulfonamides is 1. The van der Waals surface area contributed by atoms with Crippen molar-refractivity contribution >= 4 is 10.0 Å². The van der Waals surface area contributed by atoms with E-state index in [0.717, 1.165) is 6.42 Å². The molecule has 0 aliphatic carbocycles. The Labute approximate surface area is 163 Å². The molecule has 0 amide bonds. The van der Waals surface area contributed by atoms with Crippen LogP contribution in [0.2, 0.25) is 0 Å². The van der Waals surface area contributed by atoms with Crippen LogP contribution in [-0.4, -0.2) is 46.8 Å². The molecule has 3 heterocycles. The Hall–Kier alpha value is -2.78. The van der Waals surface area contributed by atoms with Crippen molar-refractivity contribution in [3.05, 3.63) is 60.7 Å². The van der Waals surface area contributed by atoms with Crippen LogP contribution in [0.4, 0.5) is 0 Å². The van der Waals surface area contributed by atoms with Gasteiger partial charge in [-0.1, -0.05) is 18.2 Å². The molecule has 146 valence electrons. The van der Waals surface area contributed by atoms with Crippen LogP contribution in [0.25, 0.3) is 11.5 Å². The molecule has 3 aromatic rings. The number of ether oxygens (including phenoxy) is 1. The van der Waals surface area contributed by atoms with Gasteiger partial charge in [0.25, 0.3) is 0 Å². The van der Waals surface area contributed by atoms with Gasteiger partial charge in [-0.3, -0.25) is 4.98 Å². The van der Waals surface area contributed by atoms with E-state index in [1.54, 1.807) is 30.6 Å².